The van der Waals surface area contributed by atoms with Crippen molar-refractivity contribution in [3.8, 4) is 0 Å². The van der Waals surface area contributed by atoms with Gasteiger partial charge in [0.2, 0.25) is 0 Å². The number of hydrogen-bond donors (Lipinski definition) is 2. The molecule has 0 heterocycles. The predicted octanol–water partition coefficient (Wildman–Crippen LogP) is 0.605. The molecule has 5 nitrogen and oxygen atoms in total. The van der Waals surface area contributed by atoms with Gasteiger partial charge in [-0.15, -0.1) is 0 Å². The number of carbonyl (C=O) groups is 2. The molecule has 0 aromatic heterocycles. The highest BCUT2D eigenvalue weighted by Crippen LogP contribution is 2.36. The van der Waals surface area contributed by atoms with Gasteiger partial charge in [0.1, 0.15) is 17.7 Å². The molecule has 0 spiro atoms. The van der Waals surface area contributed by atoms with Crippen molar-refractivity contribution < 1.29 is 19.4 Å². The molecule has 0 aromatic carbocycles. The first-order chi connectivity index (χ1) is 6.79. The van der Waals surface area contributed by atoms with E-state index in [-0.39, 0.29) is 5.78 Å². The Morgan fingerprint density at radius 2 is 1.93 bits per heavy atom. The van der Waals surface area contributed by atoms with Crippen LogP contribution in [0, 0.1) is 0 Å². The number of ketones is 1. The number of rotatable bonds is 3. The Labute approximate surface area is 88.8 Å². The molecule has 1 fully saturated rings. The Balaban J connectivity index is 2.49. The second-order valence-corrected chi connectivity index (χ2v) is 4.79. The molecule has 1 aliphatic carbocycles. The minimum atomic E-state index is -0.864. The minimum Gasteiger partial charge on any atom is -0.444 e. The lowest BCUT2D eigenvalue weighted by Crippen LogP contribution is -2.46. The summed E-state index contributed by atoms with van der Waals surface area (Å²) in [5.41, 5.74) is -1.44. The molecule has 0 aromatic rings. The van der Waals surface area contributed by atoms with Crippen LogP contribution in [0.2, 0.25) is 0 Å². The summed E-state index contributed by atoms with van der Waals surface area (Å²) >= 11 is 0. The monoisotopic (exact) mass is 215 g/mol. The molecule has 5 heteroatoms. The largest absolute Gasteiger partial charge is 0.444 e. The summed E-state index contributed by atoms with van der Waals surface area (Å²) in [6.07, 6.45) is 0.541. The lowest BCUT2D eigenvalue weighted by molar-refractivity contribution is -0.124. The van der Waals surface area contributed by atoms with E-state index in [1.54, 1.807) is 20.8 Å². The van der Waals surface area contributed by atoms with Crippen molar-refractivity contribution in [2.75, 3.05) is 6.61 Å². The summed E-state index contributed by atoms with van der Waals surface area (Å²) in [7, 11) is 0. The number of aliphatic hydroxyl groups excluding tert-OH is 1. The zero-order valence-corrected chi connectivity index (χ0v) is 9.29. The molecule has 0 aliphatic heterocycles. The average molecular weight is 215 g/mol. The third-order valence-corrected chi connectivity index (χ3v) is 2.17. The van der Waals surface area contributed by atoms with Crippen molar-refractivity contribution in [2.45, 2.75) is 44.8 Å². The summed E-state index contributed by atoms with van der Waals surface area (Å²) in [6.45, 7) is 4.70. The number of hydrogen-bond acceptors (Lipinski definition) is 4. The molecule has 0 saturated heterocycles. The Kier molecular flexibility index (Phi) is 3.04. The van der Waals surface area contributed by atoms with Crippen LogP contribution >= 0.6 is 0 Å². The maximum absolute atomic E-state index is 11.4. The van der Waals surface area contributed by atoms with Crippen molar-refractivity contribution in [3.63, 3.8) is 0 Å². The molecule has 15 heavy (non-hydrogen) atoms. The third kappa shape index (κ3) is 3.20. The highest BCUT2D eigenvalue weighted by atomic mass is 16.6. The van der Waals surface area contributed by atoms with Crippen LogP contribution in [0.3, 0.4) is 0 Å². The van der Waals surface area contributed by atoms with E-state index >= 15 is 0 Å². The topological polar surface area (TPSA) is 75.6 Å². The van der Waals surface area contributed by atoms with E-state index in [1.165, 1.54) is 0 Å². The first kappa shape index (κ1) is 12.0. The molecule has 1 aliphatic rings. The van der Waals surface area contributed by atoms with Gasteiger partial charge in [-0.3, -0.25) is 4.79 Å². The average Bonchev–Trinajstić information content (AvgIpc) is 2.80. The Bertz CT molecular complexity index is 276. The highest BCUT2D eigenvalue weighted by Gasteiger charge is 2.50. The molecule has 1 saturated carbocycles. The molecular weight excluding hydrogens is 198 g/mol. The minimum absolute atomic E-state index is 0.353. The van der Waals surface area contributed by atoms with Crippen LogP contribution in [0.4, 0.5) is 4.79 Å². The van der Waals surface area contributed by atoms with Crippen molar-refractivity contribution in [1.82, 2.24) is 5.32 Å². The van der Waals surface area contributed by atoms with Gasteiger partial charge in [0, 0.05) is 0 Å². The molecule has 0 unspecified atom stereocenters. The normalized spacial score (nSPS) is 18.1. The maximum Gasteiger partial charge on any atom is 0.408 e. The van der Waals surface area contributed by atoms with Crippen LogP contribution in [0.1, 0.15) is 33.6 Å². The highest BCUT2D eigenvalue weighted by molar-refractivity contribution is 5.95. The lowest BCUT2D eigenvalue weighted by Gasteiger charge is -2.22. The summed E-state index contributed by atoms with van der Waals surface area (Å²) < 4.78 is 5.02. The van der Waals surface area contributed by atoms with Crippen LogP contribution in [0.25, 0.3) is 0 Å². The van der Waals surface area contributed by atoms with Gasteiger partial charge in [0.15, 0.2) is 5.78 Å². The van der Waals surface area contributed by atoms with E-state index in [2.05, 4.69) is 5.32 Å². The fourth-order valence-corrected chi connectivity index (χ4v) is 1.25. The maximum atomic E-state index is 11.4. The van der Waals surface area contributed by atoms with Crippen LogP contribution < -0.4 is 5.32 Å². The number of carbonyl (C=O) groups excluding carboxylic acids is 2. The molecule has 1 amide bonds. The smallest absolute Gasteiger partial charge is 0.408 e. The summed E-state index contributed by atoms with van der Waals surface area (Å²) in [5.74, 6) is -0.353. The standard InChI is InChI=1S/C10H17NO4/c1-9(2,3)15-8(14)11-10(4-5-10)7(13)6-12/h12H,4-6H2,1-3H3,(H,11,14). The van der Waals surface area contributed by atoms with Crippen molar-refractivity contribution in [2.24, 2.45) is 0 Å². The van der Waals surface area contributed by atoms with Gasteiger partial charge in [-0.1, -0.05) is 0 Å². The van der Waals surface area contributed by atoms with E-state index in [9.17, 15) is 9.59 Å². The van der Waals surface area contributed by atoms with Crippen LogP contribution in [-0.4, -0.2) is 34.7 Å². The Morgan fingerprint density at radius 1 is 1.40 bits per heavy atom. The van der Waals surface area contributed by atoms with Gasteiger partial charge in [0.25, 0.3) is 0 Å². The van der Waals surface area contributed by atoms with E-state index < -0.39 is 23.8 Å². The summed E-state index contributed by atoms with van der Waals surface area (Å²) in [5, 5.41) is 11.2. The summed E-state index contributed by atoms with van der Waals surface area (Å²) in [6, 6.07) is 0. The quantitative estimate of drug-likeness (QED) is 0.723. The fraction of sp³-hybridized carbons (Fsp3) is 0.800. The van der Waals surface area contributed by atoms with E-state index in [1.807, 2.05) is 0 Å². The number of amides is 1. The number of Topliss-reactive ketones (excluding diaryl/α,β-unsaturated/α-hetero) is 1. The van der Waals surface area contributed by atoms with Gasteiger partial charge in [0.05, 0.1) is 0 Å². The molecule has 0 radical (unpaired) electrons. The van der Waals surface area contributed by atoms with Crippen molar-refractivity contribution >= 4 is 11.9 Å². The second-order valence-electron chi connectivity index (χ2n) is 4.79. The second kappa shape index (κ2) is 3.81. The number of aliphatic hydroxyl groups is 1. The zero-order chi connectivity index (χ0) is 11.7. The van der Waals surface area contributed by atoms with Gasteiger partial charge >= 0.3 is 6.09 Å². The van der Waals surface area contributed by atoms with Gasteiger partial charge in [-0.25, -0.2) is 4.79 Å². The molecule has 1 rings (SSSR count). The summed E-state index contributed by atoms with van der Waals surface area (Å²) in [4.78, 5) is 22.6. The van der Waals surface area contributed by atoms with Gasteiger partial charge in [-0.2, -0.15) is 0 Å². The molecular formula is C10H17NO4. The predicted molar refractivity (Wildman–Crippen MR) is 53.4 cm³/mol. The van der Waals surface area contributed by atoms with Gasteiger partial charge < -0.3 is 15.2 Å². The van der Waals surface area contributed by atoms with Crippen LogP contribution in [0.15, 0.2) is 0 Å². The number of ether oxygens (including phenoxy) is 1. The van der Waals surface area contributed by atoms with Crippen molar-refractivity contribution in [1.29, 1.82) is 0 Å². The molecule has 0 bridgehead atoms. The number of alkyl carbamates (subject to hydrolysis) is 1. The third-order valence-electron chi connectivity index (χ3n) is 2.17. The van der Waals surface area contributed by atoms with Crippen LogP contribution in [-0.2, 0) is 9.53 Å². The van der Waals surface area contributed by atoms with Crippen LogP contribution in [0.5, 0.6) is 0 Å². The zero-order valence-electron chi connectivity index (χ0n) is 9.29. The lowest BCUT2D eigenvalue weighted by atomic mass is 10.1. The SMILES string of the molecule is CC(C)(C)OC(=O)NC1(C(=O)CO)CC1. The first-order valence-electron chi connectivity index (χ1n) is 4.94. The van der Waals surface area contributed by atoms with E-state index in [4.69, 9.17) is 9.84 Å². The molecule has 86 valence electrons. The Morgan fingerprint density at radius 3 is 2.27 bits per heavy atom. The van der Waals surface area contributed by atoms with Crippen molar-refractivity contribution in [3.05, 3.63) is 0 Å². The first-order valence-corrected chi connectivity index (χ1v) is 4.94. The molecule has 2 N–H and O–H groups in total. The number of nitrogens with one attached hydrogen (secondary N) is 1. The fourth-order valence-electron chi connectivity index (χ4n) is 1.25. The van der Waals surface area contributed by atoms with E-state index in [0.717, 1.165) is 0 Å². The van der Waals surface area contributed by atoms with Gasteiger partial charge in [-0.05, 0) is 33.6 Å². The Hall–Kier alpha value is -1.10. The van der Waals surface area contributed by atoms with E-state index in [0.29, 0.717) is 12.8 Å². The molecule has 0 atom stereocenters.